The molecule has 3 aromatic rings. The minimum Gasteiger partial charge on any atom is -0.497 e. The Morgan fingerprint density at radius 3 is 2.49 bits per heavy atom. The van der Waals surface area contributed by atoms with Crippen molar-refractivity contribution in [2.24, 2.45) is 0 Å². The van der Waals surface area contributed by atoms with Crippen LogP contribution in [0, 0.1) is 5.82 Å². The van der Waals surface area contributed by atoms with Crippen LogP contribution in [0.1, 0.15) is 81.8 Å². The van der Waals surface area contributed by atoms with Crippen LogP contribution in [0.25, 0.3) is 11.1 Å². The molecule has 0 saturated heterocycles. The molecule has 1 aliphatic rings. The minimum absolute atomic E-state index is 0.0485. The first kappa shape index (κ1) is 28.5. The fourth-order valence-corrected chi connectivity index (χ4v) is 5.32. The maximum atomic E-state index is 14.9. The maximum absolute atomic E-state index is 14.9. The molecule has 0 amide bonds. The molecule has 0 aromatic heterocycles. The van der Waals surface area contributed by atoms with Crippen molar-refractivity contribution in [3.05, 3.63) is 77.6 Å². The first-order valence-electron chi connectivity index (χ1n) is 14.0. The molecular formula is C33H39FO5. The Morgan fingerprint density at radius 1 is 0.974 bits per heavy atom. The van der Waals surface area contributed by atoms with Crippen molar-refractivity contribution in [1.29, 1.82) is 0 Å². The molecule has 1 unspecified atom stereocenters. The molecule has 0 radical (unpaired) electrons. The van der Waals surface area contributed by atoms with Crippen LogP contribution in [0.4, 0.5) is 4.39 Å². The van der Waals surface area contributed by atoms with E-state index < -0.39 is 5.97 Å². The van der Waals surface area contributed by atoms with Crippen molar-refractivity contribution in [1.82, 2.24) is 0 Å². The lowest BCUT2D eigenvalue weighted by atomic mass is 9.91. The Hall–Kier alpha value is -3.54. The smallest absolute Gasteiger partial charge is 0.303 e. The van der Waals surface area contributed by atoms with E-state index in [9.17, 15) is 14.3 Å². The van der Waals surface area contributed by atoms with Crippen molar-refractivity contribution in [3.63, 3.8) is 0 Å². The summed E-state index contributed by atoms with van der Waals surface area (Å²) in [6, 6.07) is 18.2. The molecular weight excluding hydrogens is 495 g/mol. The number of carboxylic acids is 1. The first-order chi connectivity index (χ1) is 19.0. The van der Waals surface area contributed by atoms with Gasteiger partial charge < -0.3 is 19.3 Å². The van der Waals surface area contributed by atoms with Crippen LogP contribution in [0.15, 0.2) is 60.7 Å². The Balaban J connectivity index is 1.58. The lowest BCUT2D eigenvalue weighted by Crippen LogP contribution is -2.16. The monoisotopic (exact) mass is 534 g/mol. The van der Waals surface area contributed by atoms with E-state index in [0.717, 1.165) is 49.7 Å². The molecule has 6 heteroatoms. The number of carboxylic acid groups (broad SMARTS) is 1. The van der Waals surface area contributed by atoms with Gasteiger partial charge in [-0.15, -0.1) is 0 Å². The highest BCUT2D eigenvalue weighted by molar-refractivity contribution is 5.73. The summed E-state index contributed by atoms with van der Waals surface area (Å²) >= 11 is 0. The SMILES string of the molecule is CCCC(CC(=O)O)c1cccc(OCc2ccc(-c3cc(OC)ccc3F)c(OC3CCCCCC3)c2)c1. The summed E-state index contributed by atoms with van der Waals surface area (Å²) < 4.78 is 33.0. The molecule has 39 heavy (non-hydrogen) atoms. The van der Waals surface area contributed by atoms with Crippen LogP contribution in [-0.4, -0.2) is 24.3 Å². The van der Waals surface area contributed by atoms with Gasteiger partial charge in [0, 0.05) is 11.1 Å². The second-order valence-electron chi connectivity index (χ2n) is 10.4. The van der Waals surface area contributed by atoms with Gasteiger partial charge in [-0.2, -0.15) is 0 Å². The van der Waals surface area contributed by atoms with Gasteiger partial charge in [0.1, 0.15) is 29.7 Å². The highest BCUT2D eigenvalue weighted by Crippen LogP contribution is 2.37. The number of hydrogen-bond donors (Lipinski definition) is 1. The van der Waals surface area contributed by atoms with E-state index in [1.165, 1.54) is 18.9 Å². The van der Waals surface area contributed by atoms with Crippen molar-refractivity contribution in [2.75, 3.05) is 7.11 Å². The molecule has 1 atom stereocenters. The number of ether oxygens (including phenoxy) is 3. The molecule has 0 bridgehead atoms. The molecule has 208 valence electrons. The van der Waals surface area contributed by atoms with Gasteiger partial charge in [-0.05, 0) is 85.5 Å². The van der Waals surface area contributed by atoms with Crippen molar-refractivity contribution in [3.8, 4) is 28.4 Å². The molecule has 0 spiro atoms. The minimum atomic E-state index is -0.798. The largest absolute Gasteiger partial charge is 0.497 e. The zero-order chi connectivity index (χ0) is 27.6. The Morgan fingerprint density at radius 2 is 1.77 bits per heavy atom. The molecule has 1 saturated carbocycles. The lowest BCUT2D eigenvalue weighted by molar-refractivity contribution is -0.137. The topological polar surface area (TPSA) is 65.0 Å². The van der Waals surface area contributed by atoms with Crippen LogP contribution < -0.4 is 14.2 Å². The number of halogens is 1. The molecule has 0 aliphatic heterocycles. The number of methoxy groups -OCH3 is 1. The third-order valence-electron chi connectivity index (χ3n) is 7.40. The lowest BCUT2D eigenvalue weighted by Gasteiger charge is -2.21. The average Bonchev–Trinajstić information content (AvgIpc) is 3.21. The van der Waals surface area contributed by atoms with Gasteiger partial charge in [0.2, 0.25) is 0 Å². The Labute approximate surface area is 230 Å². The van der Waals surface area contributed by atoms with Crippen molar-refractivity contribution >= 4 is 5.97 Å². The van der Waals surface area contributed by atoms with Crippen LogP contribution in [0.3, 0.4) is 0 Å². The molecule has 3 aromatic carbocycles. The van der Waals surface area contributed by atoms with E-state index >= 15 is 0 Å². The summed E-state index contributed by atoms with van der Waals surface area (Å²) in [5.41, 5.74) is 3.01. The van der Waals surface area contributed by atoms with Gasteiger partial charge >= 0.3 is 5.97 Å². The second-order valence-corrected chi connectivity index (χ2v) is 10.4. The van der Waals surface area contributed by atoms with E-state index in [-0.39, 0.29) is 24.3 Å². The third-order valence-corrected chi connectivity index (χ3v) is 7.40. The number of benzene rings is 3. The third kappa shape index (κ3) is 7.98. The van der Waals surface area contributed by atoms with Gasteiger partial charge in [-0.3, -0.25) is 4.79 Å². The standard InChI is InChI=1S/C33H39FO5/c1-3-9-24(20-33(35)36)25-10-8-13-28(19-25)38-22-23-14-16-29(30-21-27(37-2)15-17-31(30)34)32(18-23)39-26-11-6-4-5-7-12-26/h8,10,13-19,21,24,26H,3-7,9,11-12,20,22H2,1-2H3,(H,35,36). The summed E-state index contributed by atoms with van der Waals surface area (Å²) in [4.78, 5) is 11.4. The van der Waals surface area contributed by atoms with Gasteiger partial charge in [-0.25, -0.2) is 4.39 Å². The number of hydrogen-bond acceptors (Lipinski definition) is 4. The van der Waals surface area contributed by atoms with E-state index in [1.807, 2.05) is 42.5 Å². The summed E-state index contributed by atoms with van der Waals surface area (Å²) in [5, 5.41) is 9.33. The van der Waals surface area contributed by atoms with Crippen LogP contribution in [0.5, 0.6) is 17.2 Å². The fourth-order valence-electron chi connectivity index (χ4n) is 5.32. The Bertz CT molecular complexity index is 1230. The summed E-state index contributed by atoms with van der Waals surface area (Å²) in [6.45, 7) is 2.37. The van der Waals surface area contributed by atoms with Crippen molar-refractivity contribution < 1.29 is 28.5 Å². The normalized spacial score (nSPS) is 14.8. The summed E-state index contributed by atoms with van der Waals surface area (Å²) in [5.74, 6) is 0.747. The highest BCUT2D eigenvalue weighted by atomic mass is 19.1. The van der Waals surface area contributed by atoms with E-state index in [2.05, 4.69) is 6.92 Å². The average molecular weight is 535 g/mol. The van der Waals surface area contributed by atoms with Gasteiger partial charge in [-0.1, -0.05) is 50.5 Å². The predicted molar refractivity (Wildman–Crippen MR) is 151 cm³/mol. The quantitative estimate of drug-likeness (QED) is 0.236. The number of carbonyl (C=O) groups is 1. The van der Waals surface area contributed by atoms with E-state index in [1.54, 1.807) is 19.2 Å². The number of aliphatic carboxylic acids is 1. The molecule has 0 heterocycles. The maximum Gasteiger partial charge on any atom is 0.303 e. The Kier molecular flexibility index (Phi) is 10.2. The molecule has 4 rings (SSSR count). The highest BCUT2D eigenvalue weighted by Gasteiger charge is 2.19. The van der Waals surface area contributed by atoms with Crippen LogP contribution >= 0.6 is 0 Å². The fraction of sp³-hybridized carbons (Fsp3) is 0.424. The van der Waals surface area contributed by atoms with E-state index in [0.29, 0.717) is 35.0 Å². The van der Waals surface area contributed by atoms with Crippen LogP contribution in [0.2, 0.25) is 0 Å². The van der Waals surface area contributed by atoms with Gasteiger partial charge in [0.05, 0.1) is 19.6 Å². The zero-order valence-electron chi connectivity index (χ0n) is 23.0. The van der Waals surface area contributed by atoms with E-state index in [4.69, 9.17) is 14.2 Å². The first-order valence-corrected chi connectivity index (χ1v) is 14.0. The predicted octanol–water partition coefficient (Wildman–Crippen LogP) is 8.54. The van der Waals surface area contributed by atoms with Gasteiger partial charge in [0.25, 0.3) is 0 Å². The molecule has 1 fully saturated rings. The van der Waals surface area contributed by atoms with Crippen LogP contribution in [-0.2, 0) is 11.4 Å². The van der Waals surface area contributed by atoms with Crippen molar-refractivity contribution in [2.45, 2.75) is 83.3 Å². The molecule has 1 N–H and O–H groups in total. The number of rotatable bonds is 12. The van der Waals surface area contributed by atoms with Gasteiger partial charge in [0.15, 0.2) is 0 Å². The second kappa shape index (κ2) is 14.0. The summed E-state index contributed by atoms with van der Waals surface area (Å²) in [7, 11) is 1.57. The molecule has 5 nitrogen and oxygen atoms in total. The summed E-state index contributed by atoms with van der Waals surface area (Å²) in [6.07, 6.45) is 8.59. The molecule has 1 aliphatic carbocycles. The zero-order valence-corrected chi connectivity index (χ0v) is 23.0.